The molecule has 1 fully saturated rings. The molecule has 0 saturated carbocycles. The van der Waals surface area contributed by atoms with E-state index in [0.29, 0.717) is 12.6 Å². The van der Waals surface area contributed by atoms with Crippen molar-refractivity contribution in [3.63, 3.8) is 0 Å². The standard InChI is InChI=1S/C14H18F3N3O/c15-14(16,17)11-5-1-2-6-12(11)20-13(21)19-9-7-10-4-3-8-18-10/h1-2,5-6,10,18H,3-4,7-9H2,(H2,19,20,21)/t10-/m1/s1. The molecule has 0 spiro atoms. The molecule has 0 radical (unpaired) electrons. The number of anilines is 1. The lowest BCUT2D eigenvalue weighted by molar-refractivity contribution is -0.136. The van der Waals surface area contributed by atoms with Gasteiger partial charge >= 0.3 is 12.2 Å². The zero-order valence-corrected chi connectivity index (χ0v) is 11.5. The van der Waals surface area contributed by atoms with E-state index >= 15 is 0 Å². The molecule has 3 N–H and O–H groups in total. The van der Waals surface area contributed by atoms with Gasteiger partial charge in [0.25, 0.3) is 0 Å². The first kappa shape index (κ1) is 15.6. The van der Waals surface area contributed by atoms with Crippen LogP contribution in [-0.2, 0) is 6.18 Å². The van der Waals surface area contributed by atoms with Crippen LogP contribution in [0.4, 0.5) is 23.7 Å². The molecule has 0 aromatic heterocycles. The fourth-order valence-corrected chi connectivity index (χ4v) is 2.37. The third-order valence-corrected chi connectivity index (χ3v) is 3.42. The molecule has 1 aromatic rings. The summed E-state index contributed by atoms with van der Waals surface area (Å²) in [6.07, 6.45) is -1.53. The molecule has 2 amide bonds. The lowest BCUT2D eigenvalue weighted by atomic mass is 10.1. The van der Waals surface area contributed by atoms with Crippen LogP contribution < -0.4 is 16.0 Å². The molecule has 7 heteroatoms. The van der Waals surface area contributed by atoms with E-state index in [4.69, 9.17) is 0 Å². The zero-order valence-electron chi connectivity index (χ0n) is 11.5. The van der Waals surface area contributed by atoms with Crippen molar-refractivity contribution in [2.75, 3.05) is 18.4 Å². The molecule has 1 heterocycles. The molecule has 21 heavy (non-hydrogen) atoms. The number of benzene rings is 1. The predicted molar refractivity (Wildman–Crippen MR) is 74.1 cm³/mol. The summed E-state index contributed by atoms with van der Waals surface area (Å²) in [5, 5.41) is 8.12. The van der Waals surface area contributed by atoms with Crippen molar-refractivity contribution in [1.82, 2.24) is 10.6 Å². The minimum atomic E-state index is -4.49. The maximum Gasteiger partial charge on any atom is 0.418 e. The van der Waals surface area contributed by atoms with Gasteiger partial charge in [-0.2, -0.15) is 13.2 Å². The van der Waals surface area contributed by atoms with Crippen molar-refractivity contribution in [2.45, 2.75) is 31.5 Å². The van der Waals surface area contributed by atoms with E-state index < -0.39 is 17.8 Å². The predicted octanol–water partition coefficient (Wildman–Crippen LogP) is 2.97. The highest BCUT2D eigenvalue weighted by molar-refractivity contribution is 5.90. The lowest BCUT2D eigenvalue weighted by Gasteiger charge is -2.15. The van der Waals surface area contributed by atoms with Crippen molar-refractivity contribution >= 4 is 11.7 Å². The summed E-state index contributed by atoms with van der Waals surface area (Å²) in [5.74, 6) is 0. The Hall–Kier alpha value is -1.76. The topological polar surface area (TPSA) is 53.2 Å². The molecule has 4 nitrogen and oxygen atoms in total. The number of urea groups is 1. The van der Waals surface area contributed by atoms with Gasteiger partial charge in [-0.25, -0.2) is 4.79 Å². The molecule has 1 aromatic carbocycles. The summed E-state index contributed by atoms with van der Waals surface area (Å²) in [4.78, 5) is 11.7. The Kier molecular flexibility index (Phi) is 5.06. The van der Waals surface area contributed by atoms with Crippen molar-refractivity contribution < 1.29 is 18.0 Å². The molecule has 2 rings (SSSR count). The third kappa shape index (κ3) is 4.63. The van der Waals surface area contributed by atoms with Crippen LogP contribution in [0.3, 0.4) is 0 Å². The number of carbonyl (C=O) groups is 1. The Balaban J connectivity index is 1.85. The van der Waals surface area contributed by atoms with E-state index in [-0.39, 0.29) is 5.69 Å². The monoisotopic (exact) mass is 301 g/mol. The average molecular weight is 301 g/mol. The van der Waals surface area contributed by atoms with Crippen molar-refractivity contribution in [1.29, 1.82) is 0 Å². The molecule has 1 atom stereocenters. The Morgan fingerprint density at radius 3 is 2.76 bits per heavy atom. The van der Waals surface area contributed by atoms with Gasteiger partial charge in [-0.1, -0.05) is 12.1 Å². The van der Waals surface area contributed by atoms with Crippen LogP contribution in [0.15, 0.2) is 24.3 Å². The fraction of sp³-hybridized carbons (Fsp3) is 0.500. The first-order valence-electron chi connectivity index (χ1n) is 6.91. The van der Waals surface area contributed by atoms with Crippen LogP contribution in [-0.4, -0.2) is 25.2 Å². The minimum Gasteiger partial charge on any atom is -0.338 e. The van der Waals surface area contributed by atoms with Gasteiger partial charge < -0.3 is 16.0 Å². The highest BCUT2D eigenvalue weighted by Gasteiger charge is 2.33. The molecule has 1 aliphatic heterocycles. The average Bonchev–Trinajstić information content (AvgIpc) is 2.91. The number of carbonyl (C=O) groups excluding carboxylic acids is 1. The van der Waals surface area contributed by atoms with Crippen LogP contribution in [0.2, 0.25) is 0 Å². The first-order chi connectivity index (χ1) is 9.97. The zero-order chi connectivity index (χ0) is 15.3. The summed E-state index contributed by atoms with van der Waals surface area (Å²) in [6, 6.07) is 4.68. The summed E-state index contributed by atoms with van der Waals surface area (Å²) >= 11 is 0. The van der Waals surface area contributed by atoms with E-state index in [2.05, 4.69) is 16.0 Å². The fourth-order valence-electron chi connectivity index (χ4n) is 2.37. The normalized spacial score (nSPS) is 18.5. The van der Waals surface area contributed by atoms with Crippen molar-refractivity contribution in [3.05, 3.63) is 29.8 Å². The molecule has 0 bridgehead atoms. The summed E-state index contributed by atoms with van der Waals surface area (Å²) < 4.78 is 38.3. The summed E-state index contributed by atoms with van der Waals surface area (Å²) in [5.41, 5.74) is -1.08. The Morgan fingerprint density at radius 2 is 2.10 bits per heavy atom. The number of hydrogen-bond donors (Lipinski definition) is 3. The van der Waals surface area contributed by atoms with Gasteiger partial charge in [-0.15, -0.1) is 0 Å². The van der Waals surface area contributed by atoms with E-state index in [0.717, 1.165) is 31.9 Å². The van der Waals surface area contributed by atoms with Crippen LogP contribution in [0.5, 0.6) is 0 Å². The number of nitrogens with one attached hydrogen (secondary N) is 3. The van der Waals surface area contributed by atoms with Crippen LogP contribution >= 0.6 is 0 Å². The number of alkyl halides is 3. The molecular weight excluding hydrogens is 283 g/mol. The smallest absolute Gasteiger partial charge is 0.338 e. The van der Waals surface area contributed by atoms with Gasteiger partial charge in [-0.05, 0) is 37.9 Å². The van der Waals surface area contributed by atoms with Crippen LogP contribution in [0.25, 0.3) is 0 Å². The van der Waals surface area contributed by atoms with Gasteiger partial charge in [-0.3, -0.25) is 0 Å². The second-order valence-corrected chi connectivity index (χ2v) is 5.01. The quantitative estimate of drug-likeness (QED) is 0.801. The highest BCUT2D eigenvalue weighted by Crippen LogP contribution is 2.34. The molecule has 1 aliphatic rings. The van der Waals surface area contributed by atoms with E-state index in [1.165, 1.54) is 18.2 Å². The van der Waals surface area contributed by atoms with Crippen molar-refractivity contribution in [2.24, 2.45) is 0 Å². The van der Waals surface area contributed by atoms with E-state index in [1.54, 1.807) is 0 Å². The second-order valence-electron chi connectivity index (χ2n) is 5.01. The number of halogens is 3. The highest BCUT2D eigenvalue weighted by atomic mass is 19.4. The Labute approximate surface area is 121 Å². The van der Waals surface area contributed by atoms with Gasteiger partial charge in [0, 0.05) is 12.6 Å². The maximum absolute atomic E-state index is 12.8. The number of para-hydroxylation sites is 1. The van der Waals surface area contributed by atoms with E-state index in [1.807, 2.05) is 0 Å². The Bertz CT molecular complexity index is 485. The van der Waals surface area contributed by atoms with E-state index in [9.17, 15) is 18.0 Å². The molecule has 116 valence electrons. The van der Waals surface area contributed by atoms with Gasteiger partial charge in [0.15, 0.2) is 0 Å². The SMILES string of the molecule is O=C(NCC[C@H]1CCCN1)Nc1ccccc1C(F)(F)F. The maximum atomic E-state index is 12.8. The number of amides is 2. The lowest BCUT2D eigenvalue weighted by Crippen LogP contribution is -2.33. The van der Waals surface area contributed by atoms with Crippen LogP contribution in [0.1, 0.15) is 24.8 Å². The van der Waals surface area contributed by atoms with Gasteiger partial charge in [0.1, 0.15) is 0 Å². The second kappa shape index (κ2) is 6.80. The van der Waals surface area contributed by atoms with Gasteiger partial charge in [0.05, 0.1) is 11.3 Å². The Morgan fingerprint density at radius 1 is 1.33 bits per heavy atom. The largest absolute Gasteiger partial charge is 0.418 e. The summed E-state index contributed by atoms with van der Waals surface area (Å²) in [6.45, 7) is 1.41. The first-order valence-corrected chi connectivity index (χ1v) is 6.91. The third-order valence-electron chi connectivity index (χ3n) is 3.42. The molecular formula is C14H18F3N3O. The number of hydrogen-bond acceptors (Lipinski definition) is 2. The molecule has 1 saturated heterocycles. The molecule has 0 aliphatic carbocycles. The molecule has 0 unspecified atom stereocenters. The van der Waals surface area contributed by atoms with Crippen LogP contribution in [0, 0.1) is 0 Å². The number of rotatable bonds is 4. The van der Waals surface area contributed by atoms with Gasteiger partial charge in [0.2, 0.25) is 0 Å². The summed E-state index contributed by atoms with van der Waals surface area (Å²) in [7, 11) is 0. The van der Waals surface area contributed by atoms with Crippen molar-refractivity contribution in [3.8, 4) is 0 Å². The minimum absolute atomic E-state index is 0.235.